The van der Waals surface area contributed by atoms with Crippen LogP contribution in [-0.2, 0) is 0 Å². The van der Waals surface area contributed by atoms with Gasteiger partial charge in [-0.05, 0) is 17.7 Å². The fourth-order valence-corrected chi connectivity index (χ4v) is 1.82. The average Bonchev–Trinajstić information content (AvgIpc) is 2.82. The maximum Gasteiger partial charge on any atom is 0.152 e. The van der Waals surface area contributed by atoms with E-state index in [0.29, 0.717) is 11.3 Å². The van der Waals surface area contributed by atoms with Crippen LogP contribution in [0.2, 0.25) is 0 Å². The van der Waals surface area contributed by atoms with Crippen molar-refractivity contribution < 1.29 is 9.52 Å². The Kier molecular flexibility index (Phi) is 2.38. The van der Waals surface area contributed by atoms with E-state index < -0.39 is 6.10 Å². The number of benzene rings is 1. The number of furan rings is 1. The van der Waals surface area contributed by atoms with Gasteiger partial charge in [-0.25, -0.2) is 0 Å². The van der Waals surface area contributed by atoms with Gasteiger partial charge in [-0.3, -0.25) is 4.98 Å². The van der Waals surface area contributed by atoms with Crippen LogP contribution in [0.4, 0.5) is 0 Å². The first-order chi connectivity index (χ1) is 8.34. The normalized spacial score (nSPS) is 12.8. The van der Waals surface area contributed by atoms with Gasteiger partial charge in [-0.15, -0.1) is 0 Å². The zero-order chi connectivity index (χ0) is 11.7. The standard InChI is InChI=1S/C14H11NO2/c16-14(10-5-2-1-3-6-10)13-9-11-12(17-13)7-4-8-15-11/h1-9,14,16H. The Hall–Kier alpha value is -2.13. The second-order valence-electron chi connectivity index (χ2n) is 3.85. The topological polar surface area (TPSA) is 46.3 Å². The molecule has 0 spiro atoms. The predicted molar refractivity (Wildman–Crippen MR) is 64.5 cm³/mol. The highest BCUT2D eigenvalue weighted by Crippen LogP contribution is 2.26. The van der Waals surface area contributed by atoms with E-state index >= 15 is 0 Å². The van der Waals surface area contributed by atoms with Crippen LogP contribution in [0, 0.1) is 0 Å². The second-order valence-corrected chi connectivity index (χ2v) is 3.85. The third-order valence-electron chi connectivity index (χ3n) is 2.69. The fourth-order valence-electron chi connectivity index (χ4n) is 1.82. The Morgan fingerprint density at radius 1 is 1.06 bits per heavy atom. The summed E-state index contributed by atoms with van der Waals surface area (Å²) in [6, 6.07) is 14.8. The molecule has 1 atom stereocenters. The summed E-state index contributed by atoms with van der Waals surface area (Å²) < 4.78 is 5.57. The average molecular weight is 225 g/mol. The molecule has 2 heterocycles. The van der Waals surface area contributed by atoms with Gasteiger partial charge < -0.3 is 9.52 Å². The molecule has 1 unspecified atom stereocenters. The molecule has 1 aromatic carbocycles. The van der Waals surface area contributed by atoms with Crippen molar-refractivity contribution in [3.05, 3.63) is 66.1 Å². The van der Waals surface area contributed by atoms with Crippen molar-refractivity contribution in [2.75, 3.05) is 0 Å². The summed E-state index contributed by atoms with van der Waals surface area (Å²) in [5.74, 6) is 0.518. The van der Waals surface area contributed by atoms with E-state index in [2.05, 4.69) is 4.98 Å². The Labute approximate surface area is 98.3 Å². The second kappa shape index (κ2) is 4.03. The lowest BCUT2D eigenvalue weighted by atomic mass is 10.1. The molecule has 0 aliphatic carbocycles. The molecule has 0 fully saturated rings. The number of aliphatic hydroxyl groups excluding tert-OH is 1. The van der Waals surface area contributed by atoms with Gasteiger partial charge in [0.15, 0.2) is 5.58 Å². The van der Waals surface area contributed by atoms with Crippen LogP contribution in [0.5, 0.6) is 0 Å². The minimum absolute atomic E-state index is 0.518. The van der Waals surface area contributed by atoms with Crippen molar-refractivity contribution in [3.63, 3.8) is 0 Å². The van der Waals surface area contributed by atoms with Gasteiger partial charge in [0, 0.05) is 12.3 Å². The molecule has 0 aliphatic rings. The van der Waals surface area contributed by atoms with Gasteiger partial charge in [0.25, 0.3) is 0 Å². The number of aromatic nitrogens is 1. The lowest BCUT2D eigenvalue weighted by Crippen LogP contribution is -1.96. The molecule has 0 bridgehead atoms. The molecule has 0 saturated carbocycles. The number of aliphatic hydroxyl groups is 1. The summed E-state index contributed by atoms with van der Waals surface area (Å²) in [4.78, 5) is 4.17. The van der Waals surface area contributed by atoms with Crippen molar-refractivity contribution in [3.8, 4) is 0 Å². The predicted octanol–water partition coefficient (Wildman–Crippen LogP) is 2.91. The maximum atomic E-state index is 10.2. The molecule has 17 heavy (non-hydrogen) atoms. The van der Waals surface area contributed by atoms with E-state index in [1.54, 1.807) is 12.3 Å². The van der Waals surface area contributed by atoms with Crippen LogP contribution in [0.25, 0.3) is 11.1 Å². The number of fused-ring (bicyclic) bond motifs is 1. The molecule has 3 aromatic rings. The summed E-state index contributed by atoms with van der Waals surface area (Å²) in [7, 11) is 0. The summed E-state index contributed by atoms with van der Waals surface area (Å²) in [6.07, 6.45) is 0.960. The number of nitrogens with zero attached hydrogens (tertiary/aromatic N) is 1. The van der Waals surface area contributed by atoms with Gasteiger partial charge in [-0.2, -0.15) is 0 Å². The van der Waals surface area contributed by atoms with Gasteiger partial charge in [0.05, 0.1) is 0 Å². The fraction of sp³-hybridized carbons (Fsp3) is 0.0714. The van der Waals surface area contributed by atoms with Crippen LogP contribution in [0.3, 0.4) is 0 Å². The van der Waals surface area contributed by atoms with E-state index in [1.807, 2.05) is 42.5 Å². The number of pyridine rings is 1. The molecule has 0 amide bonds. The van der Waals surface area contributed by atoms with Gasteiger partial charge in [0.1, 0.15) is 17.4 Å². The number of hydrogen-bond donors (Lipinski definition) is 1. The highest BCUT2D eigenvalue weighted by Gasteiger charge is 2.15. The van der Waals surface area contributed by atoms with Gasteiger partial charge in [-0.1, -0.05) is 30.3 Å². The van der Waals surface area contributed by atoms with E-state index in [9.17, 15) is 5.11 Å². The molecular weight excluding hydrogens is 214 g/mol. The van der Waals surface area contributed by atoms with Crippen LogP contribution in [-0.4, -0.2) is 10.1 Å². The minimum atomic E-state index is -0.745. The van der Waals surface area contributed by atoms with Crippen molar-refractivity contribution >= 4 is 11.1 Å². The minimum Gasteiger partial charge on any atom is -0.456 e. The highest BCUT2D eigenvalue weighted by molar-refractivity contribution is 5.72. The monoisotopic (exact) mass is 225 g/mol. The third kappa shape index (κ3) is 1.81. The molecule has 3 nitrogen and oxygen atoms in total. The first-order valence-electron chi connectivity index (χ1n) is 5.42. The Morgan fingerprint density at radius 3 is 2.65 bits per heavy atom. The zero-order valence-corrected chi connectivity index (χ0v) is 9.08. The summed E-state index contributed by atoms with van der Waals surface area (Å²) in [5.41, 5.74) is 2.27. The lowest BCUT2D eigenvalue weighted by molar-refractivity contribution is 0.192. The lowest BCUT2D eigenvalue weighted by Gasteiger charge is -2.06. The Balaban J connectivity index is 2.04. The van der Waals surface area contributed by atoms with Gasteiger partial charge >= 0.3 is 0 Å². The van der Waals surface area contributed by atoms with Crippen molar-refractivity contribution in [1.82, 2.24) is 4.98 Å². The van der Waals surface area contributed by atoms with Crippen LogP contribution in [0.15, 0.2) is 59.1 Å². The molecule has 84 valence electrons. The Morgan fingerprint density at radius 2 is 1.88 bits per heavy atom. The van der Waals surface area contributed by atoms with Gasteiger partial charge in [0.2, 0.25) is 0 Å². The van der Waals surface area contributed by atoms with E-state index in [-0.39, 0.29) is 0 Å². The zero-order valence-electron chi connectivity index (χ0n) is 9.08. The third-order valence-corrected chi connectivity index (χ3v) is 2.69. The molecule has 3 heteroatoms. The van der Waals surface area contributed by atoms with Crippen molar-refractivity contribution in [1.29, 1.82) is 0 Å². The SMILES string of the molecule is OC(c1ccccc1)c1cc2ncccc2o1. The molecule has 1 N–H and O–H groups in total. The number of hydrogen-bond acceptors (Lipinski definition) is 3. The van der Waals surface area contributed by atoms with E-state index in [4.69, 9.17) is 4.42 Å². The highest BCUT2D eigenvalue weighted by atomic mass is 16.4. The van der Waals surface area contributed by atoms with Crippen LogP contribution < -0.4 is 0 Å². The van der Waals surface area contributed by atoms with Crippen molar-refractivity contribution in [2.45, 2.75) is 6.10 Å². The maximum absolute atomic E-state index is 10.2. The summed E-state index contributed by atoms with van der Waals surface area (Å²) in [5, 5.41) is 10.2. The van der Waals surface area contributed by atoms with Crippen LogP contribution in [0.1, 0.15) is 17.4 Å². The molecule has 2 aromatic heterocycles. The largest absolute Gasteiger partial charge is 0.456 e. The van der Waals surface area contributed by atoms with E-state index in [0.717, 1.165) is 11.1 Å². The van der Waals surface area contributed by atoms with Crippen molar-refractivity contribution in [2.24, 2.45) is 0 Å². The smallest absolute Gasteiger partial charge is 0.152 e. The van der Waals surface area contributed by atoms with Crippen LogP contribution >= 0.6 is 0 Å². The molecule has 3 rings (SSSR count). The quantitative estimate of drug-likeness (QED) is 0.729. The molecule has 0 saturated heterocycles. The molecule has 0 aliphatic heterocycles. The molecule has 0 radical (unpaired) electrons. The van der Waals surface area contributed by atoms with E-state index in [1.165, 1.54) is 0 Å². The number of rotatable bonds is 2. The Bertz CT molecular complexity index is 598. The summed E-state index contributed by atoms with van der Waals surface area (Å²) >= 11 is 0. The molecular formula is C14H11NO2. The first-order valence-corrected chi connectivity index (χ1v) is 5.42. The summed E-state index contributed by atoms with van der Waals surface area (Å²) in [6.45, 7) is 0. The first kappa shape index (κ1) is 10.1.